The van der Waals surface area contributed by atoms with Crippen LogP contribution in [0.2, 0.25) is 0 Å². The number of hydrogen-bond donors (Lipinski definition) is 2. The van der Waals surface area contributed by atoms with Gasteiger partial charge in [0.2, 0.25) is 11.8 Å². The molecule has 2 heterocycles. The quantitative estimate of drug-likeness (QED) is 0.662. The largest absolute Gasteiger partial charge is 0.387 e. The van der Waals surface area contributed by atoms with Crippen LogP contribution < -0.4 is 5.73 Å². The maximum absolute atomic E-state index is 13.2. The predicted molar refractivity (Wildman–Crippen MR) is 119 cm³/mol. The number of aliphatic hydroxyl groups is 1. The van der Waals surface area contributed by atoms with Gasteiger partial charge >= 0.3 is 0 Å². The van der Waals surface area contributed by atoms with Crippen molar-refractivity contribution in [3.05, 3.63) is 71.0 Å². The summed E-state index contributed by atoms with van der Waals surface area (Å²) in [5.74, 6) is -0.631. The fourth-order valence-electron chi connectivity index (χ4n) is 5.30. The van der Waals surface area contributed by atoms with Crippen molar-refractivity contribution in [1.82, 2.24) is 9.80 Å². The van der Waals surface area contributed by atoms with E-state index in [0.29, 0.717) is 36.7 Å². The summed E-state index contributed by atoms with van der Waals surface area (Å²) >= 11 is 0. The molecule has 6 nitrogen and oxygen atoms in total. The Morgan fingerprint density at radius 2 is 1.78 bits per heavy atom. The topological polar surface area (TPSA) is 86.9 Å². The molecule has 2 amide bonds. The molecule has 2 saturated heterocycles. The number of fused-ring (bicyclic) bond motifs is 2. The van der Waals surface area contributed by atoms with Crippen molar-refractivity contribution in [3.63, 3.8) is 0 Å². The molecule has 2 aromatic carbocycles. The minimum absolute atomic E-state index is 0.311. The number of rotatable bonds is 8. The number of primary amides is 1. The summed E-state index contributed by atoms with van der Waals surface area (Å²) in [6.07, 6.45) is 4.29. The summed E-state index contributed by atoms with van der Waals surface area (Å²) in [6.45, 7) is 1.08. The van der Waals surface area contributed by atoms with Crippen LogP contribution in [0.1, 0.15) is 53.1 Å². The maximum Gasteiger partial charge on any atom is 0.248 e. The van der Waals surface area contributed by atoms with Gasteiger partial charge in [-0.2, -0.15) is 0 Å². The summed E-state index contributed by atoms with van der Waals surface area (Å²) in [4.78, 5) is 28.0. The second-order valence-electron chi connectivity index (χ2n) is 8.88. The van der Waals surface area contributed by atoms with Crippen LogP contribution in [-0.2, 0) is 11.3 Å². The van der Waals surface area contributed by atoms with Gasteiger partial charge in [-0.1, -0.05) is 24.3 Å². The van der Waals surface area contributed by atoms with E-state index in [4.69, 9.17) is 5.73 Å². The van der Waals surface area contributed by atoms with Crippen molar-refractivity contribution in [2.24, 2.45) is 5.73 Å². The van der Waals surface area contributed by atoms with Crippen molar-refractivity contribution in [3.8, 4) is 0 Å². The highest BCUT2D eigenvalue weighted by atomic mass is 19.1. The van der Waals surface area contributed by atoms with Crippen molar-refractivity contribution in [1.29, 1.82) is 0 Å². The molecule has 32 heavy (non-hydrogen) atoms. The molecule has 0 unspecified atom stereocenters. The van der Waals surface area contributed by atoms with Crippen molar-refractivity contribution in [2.75, 3.05) is 19.7 Å². The Kier molecular flexibility index (Phi) is 6.86. The van der Waals surface area contributed by atoms with Gasteiger partial charge in [-0.05, 0) is 67.0 Å². The molecule has 0 saturated carbocycles. The SMILES string of the molecule is NC(=O)c1cccc([C@H]2C[C@H]3CC[C@@H](C2)N3CCN(Cc2ccc(F)cc2)C(=O)CO)c1. The molecule has 2 bridgehead atoms. The van der Waals surface area contributed by atoms with E-state index in [2.05, 4.69) is 11.0 Å². The highest BCUT2D eigenvalue weighted by Crippen LogP contribution is 2.43. The number of nitrogens with two attached hydrogens (primary N) is 1. The number of amides is 2. The van der Waals surface area contributed by atoms with E-state index < -0.39 is 12.5 Å². The van der Waals surface area contributed by atoms with Gasteiger partial charge in [-0.15, -0.1) is 0 Å². The van der Waals surface area contributed by atoms with Gasteiger partial charge in [0.15, 0.2) is 0 Å². The molecule has 3 N–H and O–H groups in total. The Morgan fingerprint density at radius 1 is 1.09 bits per heavy atom. The van der Waals surface area contributed by atoms with E-state index in [1.165, 1.54) is 17.7 Å². The molecular weight excluding hydrogens is 409 g/mol. The number of piperidine rings is 1. The average molecular weight is 440 g/mol. The molecule has 0 spiro atoms. The van der Waals surface area contributed by atoms with Crippen LogP contribution >= 0.6 is 0 Å². The summed E-state index contributed by atoms with van der Waals surface area (Å²) in [6, 6.07) is 14.6. The molecule has 2 aliphatic rings. The zero-order valence-electron chi connectivity index (χ0n) is 18.1. The molecule has 2 fully saturated rings. The Hall–Kier alpha value is -2.77. The van der Waals surface area contributed by atoms with Crippen molar-refractivity contribution < 1.29 is 19.1 Å². The van der Waals surface area contributed by atoms with Gasteiger partial charge in [0, 0.05) is 37.3 Å². The number of nitrogens with zero attached hydrogens (tertiary/aromatic N) is 2. The van der Waals surface area contributed by atoms with Crippen LogP contribution in [-0.4, -0.2) is 58.5 Å². The number of halogens is 1. The summed E-state index contributed by atoms with van der Waals surface area (Å²) < 4.78 is 13.2. The molecule has 4 rings (SSSR count). The number of carbonyl (C=O) groups excluding carboxylic acids is 2. The van der Waals surface area contributed by atoms with Gasteiger partial charge in [0.25, 0.3) is 0 Å². The summed E-state index contributed by atoms with van der Waals surface area (Å²) in [5, 5.41) is 9.41. The monoisotopic (exact) mass is 439 g/mol. The Labute approximate surface area is 187 Å². The lowest BCUT2D eigenvalue weighted by atomic mass is 9.84. The van der Waals surface area contributed by atoms with Crippen LogP contribution in [0.15, 0.2) is 48.5 Å². The van der Waals surface area contributed by atoms with E-state index in [1.54, 1.807) is 23.1 Å². The van der Waals surface area contributed by atoms with E-state index in [9.17, 15) is 19.1 Å². The van der Waals surface area contributed by atoms with Crippen molar-refractivity contribution in [2.45, 2.75) is 50.2 Å². The number of aliphatic hydroxyl groups excluding tert-OH is 1. The molecular formula is C25H30FN3O3. The van der Waals surface area contributed by atoms with E-state index in [1.807, 2.05) is 12.1 Å². The number of carbonyl (C=O) groups is 2. The van der Waals surface area contributed by atoms with Crippen LogP contribution in [0.3, 0.4) is 0 Å². The first-order valence-electron chi connectivity index (χ1n) is 11.2. The number of benzene rings is 2. The average Bonchev–Trinajstić information content (AvgIpc) is 3.03. The van der Waals surface area contributed by atoms with Crippen LogP contribution in [0.5, 0.6) is 0 Å². The van der Waals surface area contributed by atoms with Gasteiger partial charge in [-0.3, -0.25) is 14.5 Å². The first-order chi connectivity index (χ1) is 15.4. The molecule has 2 aliphatic heterocycles. The third-order valence-corrected chi connectivity index (χ3v) is 6.93. The van der Waals surface area contributed by atoms with Crippen molar-refractivity contribution >= 4 is 11.8 Å². The van der Waals surface area contributed by atoms with E-state index >= 15 is 0 Å². The summed E-state index contributed by atoms with van der Waals surface area (Å²) in [7, 11) is 0. The van der Waals surface area contributed by atoms with Crippen LogP contribution in [0.4, 0.5) is 4.39 Å². The second kappa shape index (κ2) is 9.79. The smallest absolute Gasteiger partial charge is 0.248 e. The minimum Gasteiger partial charge on any atom is -0.387 e. The zero-order chi connectivity index (χ0) is 22.7. The van der Waals surface area contributed by atoms with E-state index in [-0.39, 0.29) is 11.7 Å². The highest BCUT2D eigenvalue weighted by Gasteiger charge is 2.41. The third-order valence-electron chi connectivity index (χ3n) is 6.93. The van der Waals surface area contributed by atoms with Gasteiger partial charge < -0.3 is 15.7 Å². The number of hydrogen-bond acceptors (Lipinski definition) is 4. The van der Waals surface area contributed by atoms with Gasteiger partial charge in [-0.25, -0.2) is 4.39 Å². The molecule has 0 radical (unpaired) electrons. The molecule has 2 aromatic rings. The Morgan fingerprint density at radius 3 is 2.41 bits per heavy atom. The van der Waals surface area contributed by atoms with Gasteiger partial charge in [0.1, 0.15) is 12.4 Å². The predicted octanol–water partition coefficient (Wildman–Crippen LogP) is 2.66. The molecule has 3 atom stereocenters. The second-order valence-corrected chi connectivity index (χ2v) is 8.88. The fourth-order valence-corrected chi connectivity index (χ4v) is 5.30. The van der Waals surface area contributed by atoms with Gasteiger partial charge in [0.05, 0.1) is 0 Å². The Bertz CT molecular complexity index is 951. The molecule has 0 aromatic heterocycles. The minimum atomic E-state index is -0.535. The lowest BCUT2D eigenvalue weighted by molar-refractivity contribution is -0.135. The highest BCUT2D eigenvalue weighted by molar-refractivity contribution is 5.92. The van der Waals surface area contributed by atoms with Crippen LogP contribution in [0.25, 0.3) is 0 Å². The Balaban J connectivity index is 1.39. The molecule has 0 aliphatic carbocycles. The van der Waals surface area contributed by atoms with E-state index in [0.717, 1.165) is 37.8 Å². The maximum atomic E-state index is 13.2. The fraction of sp³-hybridized carbons (Fsp3) is 0.440. The van der Waals surface area contributed by atoms with Crippen LogP contribution in [0, 0.1) is 5.82 Å². The standard InChI is InChI=1S/C25H30FN3O3/c26-21-6-4-17(5-7-21)15-28(24(31)16-30)10-11-29-22-8-9-23(29)14-20(13-22)18-2-1-3-19(12-18)25(27)32/h1-7,12,20,22-23,30H,8-11,13-16H2,(H2,27,32)/t20-,22+,23-. The zero-order valence-corrected chi connectivity index (χ0v) is 18.1. The molecule has 170 valence electrons. The normalized spacial score (nSPS) is 22.6. The lowest BCUT2D eigenvalue weighted by Crippen LogP contribution is -2.47. The first kappa shape index (κ1) is 22.4. The first-order valence-corrected chi connectivity index (χ1v) is 11.2. The summed E-state index contributed by atoms with van der Waals surface area (Å²) in [5.41, 5.74) is 8.01. The third kappa shape index (κ3) is 5.00. The molecule has 7 heteroatoms. The lowest BCUT2D eigenvalue weighted by Gasteiger charge is -2.40.